The summed E-state index contributed by atoms with van der Waals surface area (Å²) in [7, 11) is 0. The Morgan fingerprint density at radius 1 is 1.11 bits per heavy atom. The van der Waals surface area contributed by atoms with Crippen molar-refractivity contribution in [1.82, 2.24) is 5.43 Å². The van der Waals surface area contributed by atoms with Crippen molar-refractivity contribution >= 4 is 5.84 Å². The number of nitrogens with zero attached hydrogens (tertiary/aromatic N) is 1. The summed E-state index contributed by atoms with van der Waals surface area (Å²) in [5, 5.41) is 0. The van der Waals surface area contributed by atoms with Gasteiger partial charge in [-0.1, -0.05) is 43.9 Å². The van der Waals surface area contributed by atoms with Crippen molar-refractivity contribution in [2.24, 2.45) is 10.8 Å². The van der Waals surface area contributed by atoms with Crippen LogP contribution in [0.25, 0.3) is 0 Å². The largest absolute Gasteiger partial charge is 0.308 e. The van der Waals surface area contributed by atoms with Crippen LogP contribution in [0.2, 0.25) is 0 Å². The molecule has 0 radical (unpaired) electrons. The highest BCUT2D eigenvalue weighted by Crippen LogP contribution is 2.21. The molecule has 0 saturated heterocycles. The lowest BCUT2D eigenvalue weighted by molar-refractivity contribution is 0.583. The second-order valence-electron chi connectivity index (χ2n) is 5.53. The van der Waals surface area contributed by atoms with Crippen LogP contribution >= 0.6 is 0 Å². The van der Waals surface area contributed by atoms with E-state index in [2.05, 4.69) is 37.5 Å². The van der Waals surface area contributed by atoms with Crippen molar-refractivity contribution in [2.75, 3.05) is 0 Å². The highest BCUT2D eigenvalue weighted by Gasteiger charge is 2.14. The Morgan fingerprint density at radius 3 is 2.21 bits per heavy atom. The molecule has 104 valence electrons. The highest BCUT2D eigenvalue weighted by molar-refractivity contribution is 6.01. The molecule has 2 rings (SSSR count). The average Bonchev–Trinajstić information content (AvgIpc) is 2.65. The van der Waals surface area contributed by atoms with E-state index in [-0.39, 0.29) is 0 Å². The highest BCUT2D eigenvalue weighted by atomic mass is 15.3. The summed E-state index contributed by atoms with van der Waals surface area (Å²) in [6.45, 7) is 4.23. The number of rotatable bonds is 2. The predicted molar refractivity (Wildman–Crippen MR) is 81.3 cm³/mol. The maximum atomic E-state index is 5.72. The molecule has 1 aromatic carbocycles. The fraction of sp³-hybridized carbons (Fsp3) is 0.562. The zero-order chi connectivity index (χ0) is 13.7. The van der Waals surface area contributed by atoms with Crippen LogP contribution in [0, 0.1) is 13.8 Å². The average molecular weight is 259 g/mol. The van der Waals surface area contributed by atoms with Crippen LogP contribution in [0.15, 0.2) is 23.2 Å². The summed E-state index contributed by atoms with van der Waals surface area (Å²) in [6, 6.07) is 6.73. The lowest BCUT2D eigenvalue weighted by atomic mass is 10.0. The van der Waals surface area contributed by atoms with E-state index in [0.717, 1.165) is 11.4 Å². The van der Waals surface area contributed by atoms with Gasteiger partial charge in [0.25, 0.3) is 0 Å². The van der Waals surface area contributed by atoms with Crippen molar-refractivity contribution < 1.29 is 0 Å². The molecule has 0 amide bonds. The molecule has 19 heavy (non-hydrogen) atoms. The number of amidine groups is 1. The minimum atomic E-state index is 0.424. The first-order valence-electron chi connectivity index (χ1n) is 7.33. The summed E-state index contributed by atoms with van der Waals surface area (Å²) in [5.74, 6) is 6.57. The Hall–Kier alpha value is -1.35. The summed E-state index contributed by atoms with van der Waals surface area (Å²) in [4.78, 5) is 4.89. The minimum absolute atomic E-state index is 0.424. The number of aryl methyl sites for hydroxylation is 2. The molecule has 1 fully saturated rings. The molecule has 0 unspecified atom stereocenters. The molecule has 0 aliphatic heterocycles. The first-order chi connectivity index (χ1) is 9.22. The summed E-state index contributed by atoms with van der Waals surface area (Å²) in [5.41, 5.74) is 6.43. The van der Waals surface area contributed by atoms with Gasteiger partial charge in [0.05, 0.1) is 6.04 Å². The SMILES string of the molecule is Cc1cccc(C)c1C(=NC1CCCCCC1)NN. The number of benzene rings is 1. The van der Waals surface area contributed by atoms with Crippen LogP contribution in [0.5, 0.6) is 0 Å². The van der Waals surface area contributed by atoms with Crippen molar-refractivity contribution in [3.63, 3.8) is 0 Å². The van der Waals surface area contributed by atoms with E-state index in [4.69, 9.17) is 10.8 Å². The third kappa shape index (κ3) is 3.57. The van der Waals surface area contributed by atoms with Crippen molar-refractivity contribution in [2.45, 2.75) is 58.4 Å². The van der Waals surface area contributed by atoms with Gasteiger partial charge >= 0.3 is 0 Å². The van der Waals surface area contributed by atoms with Crippen molar-refractivity contribution in [1.29, 1.82) is 0 Å². The van der Waals surface area contributed by atoms with Gasteiger partial charge in [-0.2, -0.15) is 0 Å². The predicted octanol–water partition coefficient (Wildman–Crippen LogP) is 3.24. The third-order valence-electron chi connectivity index (χ3n) is 3.99. The van der Waals surface area contributed by atoms with E-state index in [0.29, 0.717) is 6.04 Å². The molecular formula is C16H25N3. The fourth-order valence-corrected chi connectivity index (χ4v) is 2.93. The van der Waals surface area contributed by atoms with E-state index in [1.165, 1.54) is 49.7 Å². The smallest absolute Gasteiger partial charge is 0.143 e. The molecule has 3 heteroatoms. The third-order valence-corrected chi connectivity index (χ3v) is 3.99. The molecule has 1 aromatic rings. The van der Waals surface area contributed by atoms with Gasteiger partial charge in [0.15, 0.2) is 0 Å². The topological polar surface area (TPSA) is 50.4 Å². The monoisotopic (exact) mass is 259 g/mol. The summed E-state index contributed by atoms with van der Waals surface area (Å²) < 4.78 is 0. The van der Waals surface area contributed by atoms with Gasteiger partial charge in [-0.15, -0.1) is 0 Å². The second kappa shape index (κ2) is 6.71. The fourth-order valence-electron chi connectivity index (χ4n) is 2.93. The van der Waals surface area contributed by atoms with Crippen molar-refractivity contribution in [3.05, 3.63) is 34.9 Å². The first-order valence-corrected chi connectivity index (χ1v) is 7.33. The maximum absolute atomic E-state index is 5.72. The van der Waals surface area contributed by atoms with Gasteiger partial charge in [0, 0.05) is 5.56 Å². The normalized spacial score (nSPS) is 18.2. The molecule has 0 aromatic heterocycles. The van der Waals surface area contributed by atoms with Crippen LogP contribution in [0.3, 0.4) is 0 Å². The Balaban J connectivity index is 2.27. The molecule has 0 heterocycles. The maximum Gasteiger partial charge on any atom is 0.143 e. The molecule has 1 saturated carbocycles. The van der Waals surface area contributed by atoms with Gasteiger partial charge in [0.2, 0.25) is 0 Å². The van der Waals surface area contributed by atoms with E-state index in [1.807, 2.05) is 0 Å². The zero-order valence-corrected chi connectivity index (χ0v) is 12.1. The minimum Gasteiger partial charge on any atom is -0.308 e. The van der Waals surface area contributed by atoms with Gasteiger partial charge in [-0.05, 0) is 37.8 Å². The van der Waals surface area contributed by atoms with Crippen LogP contribution in [-0.2, 0) is 0 Å². The Morgan fingerprint density at radius 2 is 1.68 bits per heavy atom. The van der Waals surface area contributed by atoms with E-state index < -0.39 is 0 Å². The molecule has 1 aliphatic carbocycles. The van der Waals surface area contributed by atoms with E-state index in [9.17, 15) is 0 Å². The van der Waals surface area contributed by atoms with Crippen LogP contribution in [-0.4, -0.2) is 11.9 Å². The summed E-state index contributed by atoms with van der Waals surface area (Å²) >= 11 is 0. The number of hydrogen-bond acceptors (Lipinski definition) is 2. The zero-order valence-electron chi connectivity index (χ0n) is 12.1. The van der Waals surface area contributed by atoms with Crippen LogP contribution in [0.4, 0.5) is 0 Å². The number of aliphatic imine (C=N–C) groups is 1. The number of hydrazine groups is 1. The molecule has 0 spiro atoms. The van der Waals surface area contributed by atoms with Gasteiger partial charge in [-0.25, -0.2) is 5.84 Å². The Bertz CT molecular complexity index is 423. The molecule has 3 N–H and O–H groups in total. The van der Waals surface area contributed by atoms with Gasteiger partial charge < -0.3 is 5.43 Å². The van der Waals surface area contributed by atoms with E-state index in [1.54, 1.807) is 0 Å². The first kappa shape index (κ1) is 14.1. The molecule has 0 bridgehead atoms. The van der Waals surface area contributed by atoms with Crippen LogP contribution in [0.1, 0.15) is 55.2 Å². The molecule has 0 atom stereocenters. The van der Waals surface area contributed by atoms with E-state index >= 15 is 0 Å². The Labute approximate surface area is 116 Å². The second-order valence-corrected chi connectivity index (χ2v) is 5.53. The van der Waals surface area contributed by atoms with Crippen LogP contribution < -0.4 is 11.3 Å². The lowest BCUT2D eigenvalue weighted by Crippen LogP contribution is -2.33. The lowest BCUT2D eigenvalue weighted by Gasteiger charge is -2.16. The number of hydrogen-bond donors (Lipinski definition) is 2. The Kier molecular flexibility index (Phi) is 4.97. The standard InChI is InChI=1S/C16H25N3/c1-12-8-7-9-13(2)15(12)16(19-17)18-14-10-5-3-4-6-11-14/h7-9,14H,3-6,10-11,17H2,1-2H3,(H,18,19). The molecule has 1 aliphatic rings. The quantitative estimate of drug-likeness (QED) is 0.282. The molecule has 3 nitrogen and oxygen atoms in total. The van der Waals surface area contributed by atoms with Gasteiger partial charge in [-0.3, -0.25) is 4.99 Å². The summed E-state index contributed by atoms with van der Waals surface area (Å²) in [6.07, 6.45) is 7.66. The van der Waals surface area contributed by atoms with Gasteiger partial charge in [0.1, 0.15) is 5.84 Å². The van der Waals surface area contributed by atoms with Crippen molar-refractivity contribution in [3.8, 4) is 0 Å². The number of nitrogens with two attached hydrogens (primary N) is 1. The number of nitrogens with one attached hydrogen (secondary N) is 1. The molecular weight excluding hydrogens is 234 g/mol.